The van der Waals surface area contributed by atoms with Crippen LogP contribution in [0.3, 0.4) is 0 Å². The number of nitrogens with zero attached hydrogens (tertiary/aromatic N) is 3. The molecular formula is C26H24F3N3O3S3. The molecule has 2 aromatic carbocycles. The molecule has 0 spiro atoms. The summed E-state index contributed by atoms with van der Waals surface area (Å²) in [5.41, 5.74) is -0.0785. The predicted molar refractivity (Wildman–Crippen MR) is 142 cm³/mol. The zero-order chi connectivity index (χ0) is 27.7. The molecule has 4 aromatic rings. The third-order valence-corrected chi connectivity index (χ3v) is 9.41. The van der Waals surface area contributed by atoms with Gasteiger partial charge in [-0.2, -0.15) is 0 Å². The summed E-state index contributed by atoms with van der Waals surface area (Å²) < 4.78 is 68.9. The maximum atomic E-state index is 15.8. The molecule has 0 aliphatic rings. The van der Waals surface area contributed by atoms with Crippen molar-refractivity contribution in [2.75, 3.05) is 12.0 Å². The Morgan fingerprint density at radius 2 is 1.71 bits per heavy atom. The summed E-state index contributed by atoms with van der Waals surface area (Å²) in [6.45, 7) is 3.16. The van der Waals surface area contributed by atoms with Gasteiger partial charge in [0.25, 0.3) is 0 Å². The highest BCUT2D eigenvalue weighted by Gasteiger charge is 2.28. The van der Waals surface area contributed by atoms with E-state index in [-0.39, 0.29) is 24.0 Å². The fraction of sp³-hybridized carbons (Fsp3) is 0.269. The Bertz CT molecular complexity index is 1570. The van der Waals surface area contributed by atoms with E-state index in [1.807, 2.05) is 6.26 Å². The average Bonchev–Trinajstić information content (AvgIpc) is 3.31. The van der Waals surface area contributed by atoms with Crippen molar-refractivity contribution >= 4 is 32.9 Å². The lowest BCUT2D eigenvalue weighted by atomic mass is 10.0. The second-order valence-corrected chi connectivity index (χ2v) is 12.8. The molecule has 6 nitrogen and oxygen atoms in total. The van der Waals surface area contributed by atoms with E-state index in [0.29, 0.717) is 26.4 Å². The van der Waals surface area contributed by atoms with Crippen molar-refractivity contribution in [1.29, 1.82) is 0 Å². The van der Waals surface area contributed by atoms with Crippen LogP contribution in [0.15, 0.2) is 58.7 Å². The number of aliphatic hydroxyl groups is 1. The van der Waals surface area contributed by atoms with Crippen LogP contribution in [0.2, 0.25) is 0 Å². The number of aromatic nitrogens is 3. The SMILES string of the molecule is CSc1nccc(-c2sc(C(C)(C)O)nc2-c2cccc(CCCS(=O)(=O)c3c(F)cccc3F)c2F)n1. The standard InChI is InChI=1S/C26H24F3N3O3S3/c1-26(2,33)24-32-21(22(37-24)19-12-13-30-25(31-19)36-3)16-9-4-7-15(20(16)29)8-6-14-38(34,35)23-17(27)10-5-11-18(23)28/h4-5,7,9-13,33H,6,8,14H2,1-3H3. The Hall–Kier alpha value is -2.80. The number of aryl methyl sites for hydroxylation is 1. The zero-order valence-electron chi connectivity index (χ0n) is 20.7. The van der Waals surface area contributed by atoms with E-state index in [1.165, 1.54) is 29.2 Å². The van der Waals surface area contributed by atoms with Gasteiger partial charge >= 0.3 is 0 Å². The van der Waals surface area contributed by atoms with Crippen LogP contribution in [0.25, 0.3) is 21.8 Å². The van der Waals surface area contributed by atoms with Gasteiger partial charge in [0.05, 0.1) is 22.0 Å². The summed E-state index contributed by atoms with van der Waals surface area (Å²) in [6.07, 6.45) is 3.38. The van der Waals surface area contributed by atoms with Gasteiger partial charge in [-0.1, -0.05) is 30.0 Å². The molecule has 1 N–H and O–H groups in total. The van der Waals surface area contributed by atoms with Crippen molar-refractivity contribution in [3.63, 3.8) is 0 Å². The average molecular weight is 580 g/mol. The van der Waals surface area contributed by atoms with Crippen molar-refractivity contribution in [2.45, 2.75) is 42.3 Å². The van der Waals surface area contributed by atoms with Gasteiger partial charge in [-0.15, -0.1) is 11.3 Å². The Morgan fingerprint density at radius 3 is 2.37 bits per heavy atom. The topological polar surface area (TPSA) is 93.0 Å². The van der Waals surface area contributed by atoms with Crippen LogP contribution >= 0.6 is 23.1 Å². The van der Waals surface area contributed by atoms with E-state index in [9.17, 15) is 22.3 Å². The highest BCUT2D eigenvalue weighted by atomic mass is 32.2. The Morgan fingerprint density at radius 1 is 1.03 bits per heavy atom. The first-order valence-electron chi connectivity index (χ1n) is 11.5. The molecule has 2 heterocycles. The summed E-state index contributed by atoms with van der Waals surface area (Å²) in [5.74, 6) is -3.48. The van der Waals surface area contributed by atoms with E-state index in [1.54, 1.807) is 38.2 Å². The van der Waals surface area contributed by atoms with Gasteiger partial charge in [0.15, 0.2) is 15.0 Å². The number of rotatable bonds is 9. The number of thioether (sulfide) groups is 1. The van der Waals surface area contributed by atoms with Crippen LogP contribution in [0.1, 0.15) is 30.8 Å². The molecule has 12 heteroatoms. The van der Waals surface area contributed by atoms with E-state index in [2.05, 4.69) is 15.0 Å². The van der Waals surface area contributed by atoms with Crippen molar-refractivity contribution in [2.24, 2.45) is 0 Å². The highest BCUT2D eigenvalue weighted by molar-refractivity contribution is 7.98. The Balaban J connectivity index is 1.67. The van der Waals surface area contributed by atoms with Crippen LogP contribution < -0.4 is 0 Å². The van der Waals surface area contributed by atoms with E-state index in [0.717, 1.165) is 18.2 Å². The maximum Gasteiger partial charge on any atom is 0.187 e. The number of hydrogen-bond acceptors (Lipinski definition) is 8. The van der Waals surface area contributed by atoms with Crippen molar-refractivity contribution in [1.82, 2.24) is 15.0 Å². The number of thiazole rings is 1. The van der Waals surface area contributed by atoms with Crippen LogP contribution in [-0.4, -0.2) is 40.5 Å². The normalized spacial score (nSPS) is 12.2. The van der Waals surface area contributed by atoms with E-state index < -0.39 is 43.5 Å². The second-order valence-electron chi connectivity index (χ2n) is 8.94. The predicted octanol–water partition coefficient (Wildman–Crippen LogP) is 6.04. The van der Waals surface area contributed by atoms with Gasteiger partial charge in [-0.3, -0.25) is 0 Å². The molecule has 0 saturated carbocycles. The molecule has 0 radical (unpaired) electrons. The molecular weight excluding hydrogens is 555 g/mol. The molecule has 0 aliphatic carbocycles. The Kier molecular flexibility index (Phi) is 8.26. The summed E-state index contributed by atoms with van der Waals surface area (Å²) in [7, 11) is -4.26. The van der Waals surface area contributed by atoms with Crippen LogP contribution in [-0.2, 0) is 21.9 Å². The van der Waals surface area contributed by atoms with E-state index in [4.69, 9.17) is 0 Å². The minimum Gasteiger partial charge on any atom is -0.383 e. The third-order valence-electron chi connectivity index (χ3n) is 5.62. The van der Waals surface area contributed by atoms with Gasteiger partial charge in [0, 0.05) is 11.8 Å². The molecule has 200 valence electrons. The third kappa shape index (κ3) is 5.93. The van der Waals surface area contributed by atoms with Gasteiger partial charge in [0.2, 0.25) is 0 Å². The lowest BCUT2D eigenvalue weighted by Crippen LogP contribution is -2.14. The number of benzene rings is 2. The molecule has 0 unspecified atom stereocenters. The fourth-order valence-electron chi connectivity index (χ4n) is 3.79. The molecule has 0 saturated heterocycles. The first-order valence-corrected chi connectivity index (χ1v) is 15.2. The number of hydrogen-bond donors (Lipinski definition) is 1. The molecule has 0 bridgehead atoms. The van der Waals surface area contributed by atoms with Crippen LogP contribution in [0, 0.1) is 17.5 Å². The largest absolute Gasteiger partial charge is 0.383 e. The summed E-state index contributed by atoms with van der Waals surface area (Å²) in [4.78, 5) is 12.8. The summed E-state index contributed by atoms with van der Waals surface area (Å²) in [5, 5.41) is 11.5. The first kappa shape index (κ1) is 28.2. The highest BCUT2D eigenvalue weighted by Crippen LogP contribution is 2.41. The lowest BCUT2D eigenvalue weighted by Gasteiger charge is -2.12. The molecule has 0 amide bonds. The molecule has 0 aliphatic heterocycles. The van der Waals surface area contributed by atoms with Gasteiger partial charge in [0.1, 0.15) is 33.0 Å². The molecule has 0 fully saturated rings. The van der Waals surface area contributed by atoms with Gasteiger partial charge in [-0.25, -0.2) is 36.5 Å². The molecule has 0 atom stereocenters. The lowest BCUT2D eigenvalue weighted by molar-refractivity contribution is 0.0783. The molecule has 38 heavy (non-hydrogen) atoms. The maximum absolute atomic E-state index is 15.8. The van der Waals surface area contributed by atoms with Gasteiger partial charge in [-0.05, 0) is 62.8 Å². The number of halogens is 3. The number of sulfone groups is 1. The van der Waals surface area contributed by atoms with Crippen molar-refractivity contribution in [3.8, 4) is 21.8 Å². The smallest absolute Gasteiger partial charge is 0.187 e. The Labute approximate surface area is 226 Å². The quantitative estimate of drug-likeness (QED) is 0.191. The minimum absolute atomic E-state index is 0.0108. The zero-order valence-corrected chi connectivity index (χ0v) is 23.2. The van der Waals surface area contributed by atoms with Crippen molar-refractivity contribution < 1.29 is 26.7 Å². The molecule has 2 aromatic heterocycles. The molecule has 4 rings (SSSR count). The second kappa shape index (κ2) is 11.1. The summed E-state index contributed by atoms with van der Waals surface area (Å²) >= 11 is 2.54. The van der Waals surface area contributed by atoms with Crippen LogP contribution in [0.4, 0.5) is 13.2 Å². The monoisotopic (exact) mass is 579 g/mol. The van der Waals surface area contributed by atoms with Gasteiger partial charge < -0.3 is 5.11 Å². The van der Waals surface area contributed by atoms with Crippen LogP contribution in [0.5, 0.6) is 0 Å². The minimum atomic E-state index is -4.26. The van der Waals surface area contributed by atoms with E-state index >= 15 is 4.39 Å². The fourth-order valence-corrected chi connectivity index (χ4v) is 6.66. The van der Waals surface area contributed by atoms with Crippen molar-refractivity contribution in [3.05, 3.63) is 76.7 Å². The first-order chi connectivity index (χ1) is 17.9. The summed E-state index contributed by atoms with van der Waals surface area (Å²) in [6, 6.07) is 9.23.